The summed E-state index contributed by atoms with van der Waals surface area (Å²) in [5, 5.41) is 4.38. The van der Waals surface area contributed by atoms with Gasteiger partial charge in [-0.2, -0.15) is 5.10 Å². The summed E-state index contributed by atoms with van der Waals surface area (Å²) in [5.74, 6) is 2.04. The first-order valence-corrected chi connectivity index (χ1v) is 7.18. The number of para-hydroxylation sites is 2. The Kier molecular flexibility index (Phi) is 4.14. The number of hydrogen-bond acceptors (Lipinski definition) is 5. The highest BCUT2D eigenvalue weighted by Gasteiger charge is 2.08. The second-order valence-electron chi connectivity index (χ2n) is 4.98. The first-order valence-electron chi connectivity index (χ1n) is 7.18. The lowest BCUT2D eigenvalue weighted by atomic mass is 10.1. The second-order valence-corrected chi connectivity index (χ2v) is 4.98. The van der Waals surface area contributed by atoms with Crippen molar-refractivity contribution in [1.29, 1.82) is 0 Å². The standard InChI is InChI=1S/C17H18N4O2/c1-11(13-9-8-12(22-2)10-16(13)23-3)20-21-17-18-14-6-4-5-7-15(14)19-17/h4-10H,1-3H3,(H2,18,19,21)/b20-11+. The highest BCUT2D eigenvalue weighted by atomic mass is 16.5. The molecule has 1 heterocycles. The van der Waals surface area contributed by atoms with Gasteiger partial charge in [0.2, 0.25) is 5.95 Å². The second kappa shape index (κ2) is 6.39. The van der Waals surface area contributed by atoms with Gasteiger partial charge in [-0.1, -0.05) is 12.1 Å². The number of H-pyrrole nitrogens is 1. The van der Waals surface area contributed by atoms with E-state index in [-0.39, 0.29) is 0 Å². The molecule has 0 aliphatic carbocycles. The van der Waals surface area contributed by atoms with Gasteiger partial charge in [-0.15, -0.1) is 0 Å². The fourth-order valence-corrected chi connectivity index (χ4v) is 2.30. The van der Waals surface area contributed by atoms with E-state index in [9.17, 15) is 0 Å². The zero-order valence-corrected chi connectivity index (χ0v) is 13.3. The van der Waals surface area contributed by atoms with E-state index in [1.807, 2.05) is 49.4 Å². The minimum absolute atomic E-state index is 0.595. The number of ether oxygens (including phenoxy) is 2. The number of aromatic amines is 1. The van der Waals surface area contributed by atoms with Crippen LogP contribution in [0.15, 0.2) is 47.6 Å². The van der Waals surface area contributed by atoms with E-state index in [0.29, 0.717) is 11.7 Å². The molecule has 0 aliphatic heterocycles. The number of hydrogen-bond donors (Lipinski definition) is 2. The molecule has 0 spiro atoms. The molecule has 0 saturated heterocycles. The summed E-state index contributed by atoms with van der Waals surface area (Å²) in [4.78, 5) is 7.59. The quantitative estimate of drug-likeness (QED) is 0.559. The molecular formula is C17H18N4O2. The largest absolute Gasteiger partial charge is 0.497 e. The van der Waals surface area contributed by atoms with Crippen LogP contribution in [0, 0.1) is 0 Å². The van der Waals surface area contributed by atoms with Gasteiger partial charge >= 0.3 is 0 Å². The first-order chi connectivity index (χ1) is 11.2. The molecule has 0 saturated carbocycles. The Labute approximate surface area is 134 Å². The lowest BCUT2D eigenvalue weighted by Crippen LogP contribution is -2.03. The first kappa shape index (κ1) is 14.9. The van der Waals surface area contributed by atoms with Crippen molar-refractivity contribution in [2.75, 3.05) is 19.6 Å². The van der Waals surface area contributed by atoms with E-state index in [1.165, 1.54) is 0 Å². The molecule has 0 unspecified atom stereocenters. The van der Waals surface area contributed by atoms with Crippen molar-refractivity contribution in [3.63, 3.8) is 0 Å². The number of fused-ring (bicyclic) bond motifs is 1. The third-order valence-corrected chi connectivity index (χ3v) is 3.52. The minimum Gasteiger partial charge on any atom is -0.497 e. The zero-order valence-electron chi connectivity index (χ0n) is 13.3. The Balaban J connectivity index is 1.84. The van der Waals surface area contributed by atoms with Crippen molar-refractivity contribution in [1.82, 2.24) is 9.97 Å². The molecular weight excluding hydrogens is 292 g/mol. The van der Waals surface area contributed by atoms with Gasteiger partial charge < -0.3 is 14.5 Å². The number of nitrogens with one attached hydrogen (secondary N) is 2. The van der Waals surface area contributed by atoms with Crippen LogP contribution in [0.3, 0.4) is 0 Å². The Morgan fingerprint density at radius 1 is 1.13 bits per heavy atom. The number of rotatable bonds is 5. The predicted octanol–water partition coefficient (Wildman–Crippen LogP) is 3.42. The molecule has 118 valence electrons. The molecule has 3 aromatic rings. The summed E-state index contributed by atoms with van der Waals surface area (Å²) in [7, 11) is 3.25. The van der Waals surface area contributed by atoms with Crippen molar-refractivity contribution in [3.05, 3.63) is 48.0 Å². The topological polar surface area (TPSA) is 71.5 Å². The van der Waals surface area contributed by atoms with E-state index in [0.717, 1.165) is 28.1 Å². The molecule has 0 radical (unpaired) electrons. The van der Waals surface area contributed by atoms with Crippen LogP contribution in [0.5, 0.6) is 11.5 Å². The lowest BCUT2D eigenvalue weighted by molar-refractivity contribution is 0.394. The summed E-state index contributed by atoms with van der Waals surface area (Å²) < 4.78 is 10.6. The number of anilines is 1. The van der Waals surface area contributed by atoms with Gasteiger partial charge in [0.15, 0.2) is 0 Å². The molecule has 2 aromatic carbocycles. The normalized spacial score (nSPS) is 11.5. The lowest BCUT2D eigenvalue weighted by Gasteiger charge is -2.10. The Bertz CT molecular complexity index is 822. The Morgan fingerprint density at radius 3 is 2.70 bits per heavy atom. The highest BCUT2D eigenvalue weighted by Crippen LogP contribution is 2.25. The molecule has 6 nitrogen and oxygen atoms in total. The molecule has 0 atom stereocenters. The van der Waals surface area contributed by atoms with E-state index >= 15 is 0 Å². The van der Waals surface area contributed by atoms with E-state index in [4.69, 9.17) is 9.47 Å². The van der Waals surface area contributed by atoms with Crippen LogP contribution >= 0.6 is 0 Å². The number of hydrazone groups is 1. The molecule has 3 rings (SSSR count). The summed E-state index contributed by atoms with van der Waals surface area (Å²) in [5.41, 5.74) is 6.47. The van der Waals surface area contributed by atoms with Crippen molar-refractivity contribution >= 4 is 22.7 Å². The molecule has 0 amide bonds. The van der Waals surface area contributed by atoms with Crippen LogP contribution in [-0.4, -0.2) is 29.9 Å². The van der Waals surface area contributed by atoms with Gasteiger partial charge in [0.05, 0.1) is 31.0 Å². The molecule has 0 fully saturated rings. The monoisotopic (exact) mass is 310 g/mol. The fourth-order valence-electron chi connectivity index (χ4n) is 2.30. The van der Waals surface area contributed by atoms with Gasteiger partial charge in [-0.3, -0.25) is 0 Å². The molecule has 0 bridgehead atoms. The minimum atomic E-state index is 0.595. The molecule has 6 heteroatoms. The van der Waals surface area contributed by atoms with Crippen LogP contribution in [0.1, 0.15) is 12.5 Å². The Morgan fingerprint density at radius 2 is 1.96 bits per heavy atom. The van der Waals surface area contributed by atoms with Crippen LogP contribution in [0.2, 0.25) is 0 Å². The smallest absolute Gasteiger partial charge is 0.222 e. The van der Waals surface area contributed by atoms with Gasteiger partial charge in [-0.05, 0) is 31.2 Å². The van der Waals surface area contributed by atoms with Gasteiger partial charge in [0, 0.05) is 11.6 Å². The van der Waals surface area contributed by atoms with Crippen LogP contribution in [0.4, 0.5) is 5.95 Å². The average molecular weight is 310 g/mol. The summed E-state index contributed by atoms with van der Waals surface area (Å²) in [6.07, 6.45) is 0. The summed E-state index contributed by atoms with van der Waals surface area (Å²) in [6, 6.07) is 13.4. The van der Waals surface area contributed by atoms with E-state index in [1.54, 1.807) is 14.2 Å². The predicted molar refractivity (Wildman–Crippen MR) is 91.5 cm³/mol. The van der Waals surface area contributed by atoms with Gasteiger partial charge in [0.25, 0.3) is 0 Å². The zero-order chi connectivity index (χ0) is 16.2. The van der Waals surface area contributed by atoms with Gasteiger partial charge in [-0.25, -0.2) is 10.4 Å². The number of nitrogens with zero attached hydrogens (tertiary/aromatic N) is 2. The maximum atomic E-state index is 5.40. The van der Waals surface area contributed by atoms with Crippen LogP contribution in [-0.2, 0) is 0 Å². The van der Waals surface area contributed by atoms with E-state index in [2.05, 4.69) is 20.5 Å². The third-order valence-electron chi connectivity index (χ3n) is 3.52. The summed E-state index contributed by atoms with van der Waals surface area (Å²) in [6.45, 7) is 1.90. The van der Waals surface area contributed by atoms with Crippen molar-refractivity contribution in [3.8, 4) is 11.5 Å². The van der Waals surface area contributed by atoms with Crippen molar-refractivity contribution in [2.45, 2.75) is 6.92 Å². The van der Waals surface area contributed by atoms with Gasteiger partial charge in [0.1, 0.15) is 11.5 Å². The molecule has 23 heavy (non-hydrogen) atoms. The number of methoxy groups -OCH3 is 2. The molecule has 0 aliphatic rings. The maximum Gasteiger partial charge on any atom is 0.222 e. The van der Waals surface area contributed by atoms with E-state index < -0.39 is 0 Å². The van der Waals surface area contributed by atoms with Crippen LogP contribution < -0.4 is 14.9 Å². The Hall–Kier alpha value is -3.02. The van der Waals surface area contributed by atoms with Crippen molar-refractivity contribution < 1.29 is 9.47 Å². The fraction of sp³-hybridized carbons (Fsp3) is 0.176. The number of imidazole rings is 1. The third kappa shape index (κ3) is 3.11. The maximum absolute atomic E-state index is 5.40. The van der Waals surface area contributed by atoms with Crippen LogP contribution in [0.25, 0.3) is 11.0 Å². The summed E-state index contributed by atoms with van der Waals surface area (Å²) >= 11 is 0. The SMILES string of the molecule is COc1ccc(/C(C)=N/Nc2nc3ccccc3[nH]2)c(OC)c1. The number of aromatic nitrogens is 2. The number of benzene rings is 2. The van der Waals surface area contributed by atoms with Crippen molar-refractivity contribution in [2.24, 2.45) is 5.10 Å². The highest BCUT2D eigenvalue weighted by molar-refractivity contribution is 6.01. The average Bonchev–Trinajstić information content (AvgIpc) is 3.02. The molecule has 1 aromatic heterocycles. The molecule has 2 N–H and O–H groups in total.